The largest absolute Gasteiger partial charge is 0.338 e. The molecule has 3 nitrogen and oxygen atoms in total. The average Bonchev–Trinajstić information content (AvgIpc) is 2.91. The van der Waals surface area contributed by atoms with Crippen molar-refractivity contribution < 1.29 is 0 Å². The minimum atomic E-state index is 0.448. The van der Waals surface area contributed by atoms with E-state index in [1.54, 1.807) is 0 Å². The van der Waals surface area contributed by atoms with Gasteiger partial charge in [-0.3, -0.25) is 4.99 Å². The molecule has 2 aromatic carbocycles. The van der Waals surface area contributed by atoms with Crippen LogP contribution in [0.2, 0.25) is 0 Å². The number of hydrogen-bond acceptors (Lipinski definition) is 3. The summed E-state index contributed by atoms with van der Waals surface area (Å²) in [4.78, 5) is 7.05. The number of likely N-dealkylation sites (N-methyl/N-ethyl adjacent to an activating group) is 1. The molecule has 0 saturated heterocycles. The Kier molecular flexibility index (Phi) is 4.20. The van der Waals surface area contributed by atoms with E-state index in [4.69, 9.17) is 4.99 Å². The second-order valence-corrected chi connectivity index (χ2v) is 5.28. The van der Waals surface area contributed by atoms with Crippen LogP contribution in [-0.2, 0) is 6.42 Å². The lowest BCUT2D eigenvalue weighted by Crippen LogP contribution is -2.40. The molecule has 3 rings (SSSR count). The molecular formula is C18H21N3. The summed E-state index contributed by atoms with van der Waals surface area (Å²) >= 11 is 0. The van der Waals surface area contributed by atoms with Crippen molar-refractivity contribution in [2.24, 2.45) is 4.99 Å². The lowest BCUT2D eigenvalue weighted by molar-refractivity contribution is 0.355. The minimum absolute atomic E-state index is 0.448. The molecule has 0 amide bonds. The van der Waals surface area contributed by atoms with E-state index in [9.17, 15) is 0 Å². The predicted octanol–water partition coefficient (Wildman–Crippen LogP) is 3.40. The lowest BCUT2D eigenvalue weighted by atomic mass is 10.1. The average molecular weight is 279 g/mol. The summed E-state index contributed by atoms with van der Waals surface area (Å²) in [5.41, 5.74) is 2.46. The van der Waals surface area contributed by atoms with Crippen molar-refractivity contribution in [3.05, 3.63) is 66.2 Å². The standard InChI is InChI=1S/C18H21N3/c1-2-21-17(13-15-9-5-3-6-10-15)14-19-18(21)20-16-11-7-4-8-12-16/h3-12,17H,2,13-14H2,1H3,(H,19,20). The van der Waals surface area contributed by atoms with Crippen molar-refractivity contribution in [2.45, 2.75) is 19.4 Å². The third-order valence-corrected chi connectivity index (χ3v) is 3.85. The summed E-state index contributed by atoms with van der Waals surface area (Å²) in [5.74, 6) is 0.990. The van der Waals surface area contributed by atoms with E-state index in [2.05, 4.69) is 59.6 Å². The van der Waals surface area contributed by atoms with Gasteiger partial charge in [-0.25, -0.2) is 0 Å². The zero-order valence-corrected chi connectivity index (χ0v) is 12.4. The number of benzene rings is 2. The number of anilines is 1. The van der Waals surface area contributed by atoms with Gasteiger partial charge in [0, 0.05) is 12.2 Å². The number of hydrogen-bond donors (Lipinski definition) is 1. The summed E-state index contributed by atoms with van der Waals surface area (Å²) in [7, 11) is 0. The van der Waals surface area contributed by atoms with Crippen LogP contribution in [0.5, 0.6) is 0 Å². The molecule has 0 bridgehead atoms. The molecule has 1 unspecified atom stereocenters. The predicted molar refractivity (Wildman–Crippen MR) is 88.7 cm³/mol. The fourth-order valence-corrected chi connectivity index (χ4v) is 2.78. The maximum absolute atomic E-state index is 4.69. The van der Waals surface area contributed by atoms with Crippen LogP contribution in [-0.4, -0.2) is 30.0 Å². The van der Waals surface area contributed by atoms with Crippen molar-refractivity contribution in [3.63, 3.8) is 0 Å². The highest BCUT2D eigenvalue weighted by atomic mass is 15.4. The van der Waals surface area contributed by atoms with Crippen LogP contribution in [0.1, 0.15) is 12.5 Å². The van der Waals surface area contributed by atoms with Crippen molar-refractivity contribution in [3.8, 4) is 0 Å². The van der Waals surface area contributed by atoms with Gasteiger partial charge in [0.15, 0.2) is 5.96 Å². The Hall–Kier alpha value is -2.29. The van der Waals surface area contributed by atoms with Crippen molar-refractivity contribution in [1.82, 2.24) is 4.90 Å². The van der Waals surface area contributed by atoms with Crippen molar-refractivity contribution in [2.75, 3.05) is 18.4 Å². The van der Waals surface area contributed by atoms with Crippen LogP contribution in [0.4, 0.5) is 5.69 Å². The number of guanidine groups is 1. The van der Waals surface area contributed by atoms with Crippen LogP contribution in [0.3, 0.4) is 0 Å². The first-order valence-electron chi connectivity index (χ1n) is 7.54. The molecule has 1 heterocycles. The van der Waals surface area contributed by atoms with Gasteiger partial charge < -0.3 is 10.2 Å². The molecule has 1 aliphatic rings. The lowest BCUT2D eigenvalue weighted by Gasteiger charge is -2.27. The van der Waals surface area contributed by atoms with E-state index < -0.39 is 0 Å². The molecule has 21 heavy (non-hydrogen) atoms. The van der Waals surface area contributed by atoms with E-state index in [0.717, 1.165) is 31.2 Å². The van der Waals surface area contributed by atoms with Gasteiger partial charge in [0.25, 0.3) is 0 Å². The normalized spacial score (nSPS) is 17.7. The van der Waals surface area contributed by atoms with E-state index in [-0.39, 0.29) is 0 Å². The van der Waals surface area contributed by atoms with E-state index in [1.165, 1.54) is 5.56 Å². The molecular weight excluding hydrogens is 258 g/mol. The molecule has 0 aromatic heterocycles. The number of nitrogens with zero attached hydrogens (tertiary/aromatic N) is 2. The van der Waals surface area contributed by atoms with Gasteiger partial charge in [0.05, 0.1) is 12.6 Å². The fraction of sp³-hybridized carbons (Fsp3) is 0.278. The maximum atomic E-state index is 4.69. The van der Waals surface area contributed by atoms with Gasteiger partial charge in [-0.1, -0.05) is 48.5 Å². The Morgan fingerprint density at radius 1 is 1.05 bits per heavy atom. The van der Waals surface area contributed by atoms with Gasteiger partial charge in [-0.2, -0.15) is 0 Å². The molecule has 1 atom stereocenters. The van der Waals surface area contributed by atoms with Gasteiger partial charge in [0.2, 0.25) is 0 Å². The monoisotopic (exact) mass is 279 g/mol. The quantitative estimate of drug-likeness (QED) is 0.929. The maximum Gasteiger partial charge on any atom is 0.198 e. The Labute approximate surface area is 126 Å². The molecule has 0 radical (unpaired) electrons. The summed E-state index contributed by atoms with van der Waals surface area (Å²) in [5, 5.41) is 3.43. The van der Waals surface area contributed by atoms with Gasteiger partial charge in [-0.15, -0.1) is 0 Å². The Morgan fingerprint density at radius 3 is 2.38 bits per heavy atom. The number of nitrogens with one attached hydrogen (secondary N) is 1. The summed E-state index contributed by atoms with van der Waals surface area (Å²) < 4.78 is 0. The Morgan fingerprint density at radius 2 is 1.71 bits per heavy atom. The number of aliphatic imine (C=N–C) groups is 1. The highest BCUT2D eigenvalue weighted by Gasteiger charge is 2.26. The second kappa shape index (κ2) is 6.44. The summed E-state index contributed by atoms with van der Waals surface area (Å²) in [6, 6.07) is 21.3. The Bertz CT molecular complexity index is 592. The van der Waals surface area contributed by atoms with E-state index >= 15 is 0 Å². The first kappa shape index (κ1) is 13.7. The zero-order valence-electron chi connectivity index (χ0n) is 12.4. The van der Waals surface area contributed by atoms with Crippen LogP contribution in [0, 0.1) is 0 Å². The highest BCUT2D eigenvalue weighted by Crippen LogP contribution is 2.17. The van der Waals surface area contributed by atoms with Crippen LogP contribution in [0.15, 0.2) is 65.7 Å². The molecule has 3 heteroatoms. The molecule has 1 aliphatic heterocycles. The van der Waals surface area contributed by atoms with Crippen LogP contribution >= 0.6 is 0 Å². The molecule has 0 spiro atoms. The topological polar surface area (TPSA) is 27.6 Å². The van der Waals surface area contributed by atoms with Crippen LogP contribution in [0.25, 0.3) is 0 Å². The van der Waals surface area contributed by atoms with E-state index in [1.807, 2.05) is 18.2 Å². The zero-order chi connectivity index (χ0) is 14.5. The van der Waals surface area contributed by atoms with Gasteiger partial charge >= 0.3 is 0 Å². The molecule has 1 N–H and O–H groups in total. The first-order chi connectivity index (χ1) is 10.4. The molecule has 0 fully saturated rings. The third kappa shape index (κ3) is 3.24. The number of rotatable bonds is 4. The molecule has 0 aliphatic carbocycles. The molecule has 2 aromatic rings. The number of para-hydroxylation sites is 1. The SMILES string of the molecule is CCN1C(Nc2ccccc2)=NCC1Cc1ccccc1. The third-order valence-electron chi connectivity index (χ3n) is 3.85. The Balaban J connectivity index is 1.68. The summed E-state index contributed by atoms with van der Waals surface area (Å²) in [6.45, 7) is 4.01. The van der Waals surface area contributed by atoms with Gasteiger partial charge in [0.1, 0.15) is 0 Å². The highest BCUT2D eigenvalue weighted by molar-refractivity contribution is 5.95. The second-order valence-electron chi connectivity index (χ2n) is 5.28. The smallest absolute Gasteiger partial charge is 0.198 e. The first-order valence-corrected chi connectivity index (χ1v) is 7.54. The van der Waals surface area contributed by atoms with Crippen molar-refractivity contribution >= 4 is 11.6 Å². The minimum Gasteiger partial charge on any atom is -0.338 e. The van der Waals surface area contributed by atoms with E-state index in [0.29, 0.717) is 6.04 Å². The van der Waals surface area contributed by atoms with Crippen LogP contribution < -0.4 is 5.32 Å². The summed E-state index contributed by atoms with van der Waals surface area (Å²) in [6.07, 6.45) is 1.04. The van der Waals surface area contributed by atoms with Crippen molar-refractivity contribution in [1.29, 1.82) is 0 Å². The molecule has 0 saturated carbocycles. The van der Waals surface area contributed by atoms with Gasteiger partial charge in [-0.05, 0) is 31.0 Å². The molecule has 108 valence electrons. The fourth-order valence-electron chi connectivity index (χ4n) is 2.78.